The van der Waals surface area contributed by atoms with Gasteiger partial charge >= 0.3 is 0 Å². The molecular weight excluding hydrogens is 356 g/mol. The molecule has 7 nitrogen and oxygen atoms in total. The average Bonchev–Trinajstić information content (AvgIpc) is 3.12. The molecule has 0 saturated heterocycles. The molecule has 2 aromatic carbocycles. The molecule has 0 spiro atoms. The van der Waals surface area contributed by atoms with E-state index in [-0.39, 0.29) is 17.6 Å². The van der Waals surface area contributed by atoms with Crippen LogP contribution < -0.4 is 10.6 Å². The number of rotatable bonds is 6. The van der Waals surface area contributed by atoms with E-state index in [1.807, 2.05) is 0 Å². The number of ketones is 1. The highest BCUT2D eigenvalue weighted by molar-refractivity contribution is 6.07. The zero-order valence-corrected chi connectivity index (χ0v) is 15.6. The standard InChI is InChI=1S/C21H20N4O3/c1-14(26)23-13-15-3-5-17(6-4-15)21(28)24-18-9-7-16(8-10-18)19(27)20-22-11-12-25(20)2/h3-12H,13H2,1-2H3,(H,23,26)(H,24,28). The van der Waals surface area contributed by atoms with Crippen LogP contribution >= 0.6 is 0 Å². The number of benzene rings is 2. The molecule has 1 aromatic heterocycles. The van der Waals surface area contributed by atoms with Crippen LogP contribution in [0.5, 0.6) is 0 Å². The minimum atomic E-state index is -0.255. The highest BCUT2D eigenvalue weighted by Gasteiger charge is 2.14. The molecule has 0 aliphatic carbocycles. The van der Waals surface area contributed by atoms with Gasteiger partial charge in [-0.1, -0.05) is 12.1 Å². The van der Waals surface area contributed by atoms with E-state index in [0.717, 1.165) is 5.56 Å². The molecule has 7 heteroatoms. The second kappa shape index (κ2) is 8.30. The summed E-state index contributed by atoms with van der Waals surface area (Å²) < 4.78 is 1.66. The number of hydrogen-bond donors (Lipinski definition) is 2. The fourth-order valence-corrected chi connectivity index (χ4v) is 2.62. The van der Waals surface area contributed by atoms with E-state index in [4.69, 9.17) is 0 Å². The molecule has 3 rings (SSSR count). The lowest BCUT2D eigenvalue weighted by Gasteiger charge is -2.08. The van der Waals surface area contributed by atoms with E-state index < -0.39 is 0 Å². The minimum absolute atomic E-state index is 0.105. The van der Waals surface area contributed by atoms with Crippen LogP contribution in [0.3, 0.4) is 0 Å². The van der Waals surface area contributed by atoms with Crippen molar-refractivity contribution in [2.45, 2.75) is 13.5 Å². The fraction of sp³-hybridized carbons (Fsp3) is 0.143. The summed E-state index contributed by atoms with van der Waals surface area (Å²) in [5.74, 6) is -0.183. The van der Waals surface area contributed by atoms with Crippen molar-refractivity contribution in [1.29, 1.82) is 0 Å². The molecule has 1 heterocycles. The van der Waals surface area contributed by atoms with Gasteiger partial charge < -0.3 is 15.2 Å². The summed E-state index contributed by atoms with van der Waals surface area (Å²) in [5, 5.41) is 5.50. The Kier molecular flexibility index (Phi) is 5.64. The Morgan fingerprint density at radius 1 is 0.964 bits per heavy atom. The molecule has 0 fully saturated rings. The van der Waals surface area contributed by atoms with Crippen molar-refractivity contribution in [3.8, 4) is 0 Å². The van der Waals surface area contributed by atoms with E-state index in [1.54, 1.807) is 72.5 Å². The van der Waals surface area contributed by atoms with Gasteiger partial charge in [-0.25, -0.2) is 4.98 Å². The number of amides is 2. The molecule has 0 saturated carbocycles. The van der Waals surface area contributed by atoms with Gasteiger partial charge in [-0.05, 0) is 42.0 Å². The van der Waals surface area contributed by atoms with Crippen molar-refractivity contribution in [1.82, 2.24) is 14.9 Å². The van der Waals surface area contributed by atoms with Gasteiger partial charge in [0, 0.05) is 49.7 Å². The maximum absolute atomic E-state index is 12.4. The Labute approximate surface area is 162 Å². The highest BCUT2D eigenvalue weighted by Crippen LogP contribution is 2.14. The number of nitrogens with one attached hydrogen (secondary N) is 2. The SMILES string of the molecule is CC(=O)NCc1ccc(C(=O)Nc2ccc(C(=O)c3nccn3C)cc2)cc1. The summed E-state index contributed by atoms with van der Waals surface area (Å²) in [6.45, 7) is 1.87. The normalized spacial score (nSPS) is 10.4. The molecule has 0 aliphatic rings. The van der Waals surface area contributed by atoms with Gasteiger partial charge in [0.15, 0.2) is 5.82 Å². The molecule has 28 heavy (non-hydrogen) atoms. The Bertz CT molecular complexity index is 1000. The molecule has 0 bridgehead atoms. The monoisotopic (exact) mass is 376 g/mol. The Hall–Kier alpha value is -3.74. The zero-order chi connectivity index (χ0) is 20.1. The van der Waals surface area contributed by atoms with Crippen molar-refractivity contribution in [3.63, 3.8) is 0 Å². The molecule has 0 atom stereocenters. The van der Waals surface area contributed by atoms with Gasteiger partial charge in [-0.15, -0.1) is 0 Å². The number of imidazole rings is 1. The third kappa shape index (κ3) is 4.50. The summed E-state index contributed by atoms with van der Waals surface area (Å²) >= 11 is 0. The Morgan fingerprint density at radius 3 is 2.18 bits per heavy atom. The van der Waals surface area contributed by atoms with E-state index in [0.29, 0.717) is 29.2 Å². The van der Waals surface area contributed by atoms with Crippen LogP contribution in [0.2, 0.25) is 0 Å². The van der Waals surface area contributed by atoms with Crippen LogP contribution in [0.25, 0.3) is 0 Å². The van der Waals surface area contributed by atoms with Crippen LogP contribution in [0.1, 0.15) is 39.0 Å². The van der Waals surface area contributed by atoms with Gasteiger partial charge in [-0.3, -0.25) is 14.4 Å². The maximum Gasteiger partial charge on any atom is 0.255 e. The molecule has 2 N–H and O–H groups in total. The molecular formula is C21H20N4O3. The summed E-state index contributed by atoms with van der Waals surface area (Å²) in [6, 6.07) is 13.7. The van der Waals surface area contributed by atoms with E-state index in [9.17, 15) is 14.4 Å². The third-order valence-corrected chi connectivity index (χ3v) is 4.19. The van der Waals surface area contributed by atoms with Crippen LogP contribution in [-0.4, -0.2) is 27.1 Å². The fourth-order valence-electron chi connectivity index (χ4n) is 2.62. The second-order valence-electron chi connectivity index (χ2n) is 6.33. The van der Waals surface area contributed by atoms with Crippen LogP contribution in [0, 0.1) is 0 Å². The summed E-state index contributed by atoms with van der Waals surface area (Å²) in [6.07, 6.45) is 3.28. The first-order chi connectivity index (χ1) is 13.4. The number of carbonyl (C=O) groups is 3. The number of aromatic nitrogens is 2. The minimum Gasteiger partial charge on any atom is -0.352 e. The first-order valence-corrected chi connectivity index (χ1v) is 8.71. The van der Waals surface area contributed by atoms with Gasteiger partial charge in [0.1, 0.15) is 0 Å². The van der Waals surface area contributed by atoms with Crippen molar-refractivity contribution in [2.75, 3.05) is 5.32 Å². The molecule has 0 unspecified atom stereocenters. The first kappa shape index (κ1) is 19.0. The molecule has 0 radical (unpaired) electrons. The summed E-state index contributed by atoms with van der Waals surface area (Å²) in [5.41, 5.74) is 2.49. The second-order valence-corrected chi connectivity index (χ2v) is 6.33. The van der Waals surface area contributed by atoms with Crippen molar-refractivity contribution in [2.24, 2.45) is 7.05 Å². The zero-order valence-electron chi connectivity index (χ0n) is 15.6. The lowest BCUT2D eigenvalue weighted by Crippen LogP contribution is -2.19. The predicted octanol–water partition coefficient (Wildman–Crippen LogP) is 2.54. The third-order valence-electron chi connectivity index (χ3n) is 4.19. The van der Waals surface area contributed by atoms with E-state index in [1.165, 1.54) is 6.92 Å². The molecule has 142 valence electrons. The van der Waals surface area contributed by atoms with Crippen LogP contribution in [-0.2, 0) is 18.4 Å². The number of aryl methyl sites for hydroxylation is 1. The number of anilines is 1. The van der Waals surface area contributed by atoms with Gasteiger partial charge in [0.25, 0.3) is 5.91 Å². The Morgan fingerprint density at radius 2 is 1.61 bits per heavy atom. The first-order valence-electron chi connectivity index (χ1n) is 8.71. The lowest BCUT2D eigenvalue weighted by atomic mass is 10.1. The number of carbonyl (C=O) groups excluding carboxylic acids is 3. The quantitative estimate of drug-likeness (QED) is 0.647. The number of nitrogens with zero attached hydrogens (tertiary/aromatic N) is 2. The van der Waals surface area contributed by atoms with Gasteiger partial charge in [-0.2, -0.15) is 0 Å². The van der Waals surface area contributed by atoms with Crippen LogP contribution in [0.4, 0.5) is 5.69 Å². The summed E-state index contributed by atoms with van der Waals surface area (Å²) in [7, 11) is 1.76. The van der Waals surface area contributed by atoms with Gasteiger partial charge in [0.2, 0.25) is 11.7 Å². The molecule has 3 aromatic rings. The van der Waals surface area contributed by atoms with Crippen molar-refractivity contribution >= 4 is 23.3 Å². The van der Waals surface area contributed by atoms with Gasteiger partial charge in [0.05, 0.1) is 0 Å². The van der Waals surface area contributed by atoms with Crippen molar-refractivity contribution in [3.05, 3.63) is 83.4 Å². The largest absolute Gasteiger partial charge is 0.352 e. The predicted molar refractivity (Wildman–Crippen MR) is 105 cm³/mol. The van der Waals surface area contributed by atoms with Crippen molar-refractivity contribution < 1.29 is 14.4 Å². The maximum atomic E-state index is 12.4. The average molecular weight is 376 g/mol. The molecule has 2 amide bonds. The topological polar surface area (TPSA) is 93.1 Å². The van der Waals surface area contributed by atoms with E-state index in [2.05, 4.69) is 15.6 Å². The Balaban J connectivity index is 1.63. The smallest absolute Gasteiger partial charge is 0.255 e. The summed E-state index contributed by atoms with van der Waals surface area (Å²) in [4.78, 5) is 39.8. The molecule has 0 aliphatic heterocycles. The van der Waals surface area contributed by atoms with E-state index >= 15 is 0 Å². The highest BCUT2D eigenvalue weighted by atomic mass is 16.2. The number of hydrogen-bond acceptors (Lipinski definition) is 4. The lowest BCUT2D eigenvalue weighted by molar-refractivity contribution is -0.119. The van der Waals surface area contributed by atoms with Crippen LogP contribution in [0.15, 0.2) is 60.9 Å².